The molecular weight excluding hydrogens is 236 g/mol. The molecule has 0 saturated carbocycles. The number of rotatable bonds is 7. The number of benzene rings is 1. The Morgan fingerprint density at radius 2 is 1.83 bits per heavy atom. The second kappa shape index (κ2) is 7.44. The second-order valence-corrected chi connectivity index (χ2v) is 4.52. The minimum Gasteiger partial charge on any atom is -0.392 e. The van der Waals surface area contributed by atoms with Gasteiger partial charge in [0.1, 0.15) is 0 Å². The summed E-state index contributed by atoms with van der Waals surface area (Å²) < 4.78 is 25.7. The Morgan fingerprint density at radius 3 is 2.39 bits per heavy atom. The van der Waals surface area contributed by atoms with Gasteiger partial charge in [-0.25, -0.2) is 8.78 Å². The molecule has 1 unspecified atom stereocenters. The van der Waals surface area contributed by atoms with Crippen molar-refractivity contribution in [1.82, 2.24) is 5.32 Å². The lowest BCUT2D eigenvalue weighted by Crippen LogP contribution is -2.32. The monoisotopic (exact) mass is 257 g/mol. The average Bonchev–Trinajstić information content (AvgIpc) is 2.35. The molecule has 0 spiro atoms. The SMILES string of the molecule is CCC(CC)C(O)CNCc1ccc(F)c(F)c1. The molecule has 0 bridgehead atoms. The summed E-state index contributed by atoms with van der Waals surface area (Å²) in [5.74, 6) is -1.40. The number of hydrogen-bond acceptors (Lipinski definition) is 2. The fraction of sp³-hybridized carbons (Fsp3) is 0.571. The van der Waals surface area contributed by atoms with Crippen LogP contribution in [0.2, 0.25) is 0 Å². The Kier molecular flexibility index (Phi) is 6.22. The van der Waals surface area contributed by atoms with Crippen molar-refractivity contribution in [3.63, 3.8) is 0 Å². The standard InChI is InChI=1S/C14H21F2NO/c1-3-11(4-2)14(18)9-17-8-10-5-6-12(15)13(16)7-10/h5-7,11,14,17-18H,3-4,8-9H2,1-2H3. The van der Waals surface area contributed by atoms with Gasteiger partial charge in [-0.2, -0.15) is 0 Å². The normalized spacial score (nSPS) is 13.0. The molecular formula is C14H21F2NO. The van der Waals surface area contributed by atoms with Gasteiger partial charge in [0.05, 0.1) is 6.10 Å². The lowest BCUT2D eigenvalue weighted by Gasteiger charge is -2.20. The van der Waals surface area contributed by atoms with Crippen LogP contribution in [0.3, 0.4) is 0 Å². The zero-order valence-corrected chi connectivity index (χ0v) is 10.9. The van der Waals surface area contributed by atoms with E-state index in [1.54, 1.807) is 0 Å². The first-order valence-electron chi connectivity index (χ1n) is 6.41. The Bertz CT molecular complexity index is 367. The third-order valence-corrected chi connectivity index (χ3v) is 3.26. The van der Waals surface area contributed by atoms with E-state index in [4.69, 9.17) is 0 Å². The molecule has 0 fully saturated rings. The quantitative estimate of drug-likeness (QED) is 0.787. The first-order chi connectivity index (χ1) is 8.58. The number of halogens is 2. The van der Waals surface area contributed by atoms with E-state index in [1.165, 1.54) is 12.1 Å². The van der Waals surface area contributed by atoms with E-state index in [9.17, 15) is 13.9 Å². The maximum atomic E-state index is 13.0. The minimum atomic E-state index is -0.838. The predicted octanol–water partition coefficient (Wildman–Crippen LogP) is 2.85. The number of hydrogen-bond donors (Lipinski definition) is 2. The van der Waals surface area contributed by atoms with Crippen molar-refractivity contribution in [1.29, 1.82) is 0 Å². The van der Waals surface area contributed by atoms with E-state index in [0.29, 0.717) is 18.7 Å². The lowest BCUT2D eigenvalue weighted by molar-refractivity contribution is 0.101. The Morgan fingerprint density at radius 1 is 1.17 bits per heavy atom. The summed E-state index contributed by atoms with van der Waals surface area (Å²) >= 11 is 0. The lowest BCUT2D eigenvalue weighted by atomic mass is 9.96. The van der Waals surface area contributed by atoms with Crippen LogP contribution in [-0.2, 0) is 6.54 Å². The predicted molar refractivity (Wildman–Crippen MR) is 68.1 cm³/mol. The molecule has 0 heterocycles. The number of aliphatic hydroxyl groups is 1. The van der Waals surface area contributed by atoms with Crippen molar-refractivity contribution in [2.75, 3.05) is 6.54 Å². The van der Waals surface area contributed by atoms with Crippen LogP contribution in [0.5, 0.6) is 0 Å². The smallest absolute Gasteiger partial charge is 0.159 e. The maximum absolute atomic E-state index is 13.0. The highest BCUT2D eigenvalue weighted by molar-refractivity contribution is 5.17. The maximum Gasteiger partial charge on any atom is 0.159 e. The summed E-state index contributed by atoms with van der Waals surface area (Å²) in [6.45, 7) is 4.99. The molecule has 0 aliphatic carbocycles. The van der Waals surface area contributed by atoms with Gasteiger partial charge in [0.25, 0.3) is 0 Å². The molecule has 0 aromatic heterocycles. The summed E-state index contributed by atoms with van der Waals surface area (Å²) in [6.07, 6.45) is 1.47. The van der Waals surface area contributed by atoms with E-state index in [-0.39, 0.29) is 5.92 Å². The molecule has 102 valence electrons. The zero-order valence-electron chi connectivity index (χ0n) is 10.9. The van der Waals surface area contributed by atoms with Crippen LogP contribution < -0.4 is 5.32 Å². The van der Waals surface area contributed by atoms with Crippen LogP contribution in [0.4, 0.5) is 8.78 Å². The molecule has 0 radical (unpaired) electrons. The summed E-state index contributed by atoms with van der Waals surface area (Å²) in [5, 5.41) is 12.9. The third-order valence-electron chi connectivity index (χ3n) is 3.26. The van der Waals surface area contributed by atoms with Gasteiger partial charge in [-0.15, -0.1) is 0 Å². The Labute approximate surface area is 107 Å². The van der Waals surface area contributed by atoms with E-state index in [1.807, 2.05) is 13.8 Å². The molecule has 0 aliphatic heterocycles. The molecule has 1 atom stereocenters. The Balaban J connectivity index is 2.39. The van der Waals surface area contributed by atoms with E-state index in [0.717, 1.165) is 18.9 Å². The third kappa shape index (κ3) is 4.35. The van der Waals surface area contributed by atoms with Crippen molar-refractivity contribution in [2.45, 2.75) is 39.3 Å². The van der Waals surface area contributed by atoms with Gasteiger partial charge in [-0.3, -0.25) is 0 Å². The van der Waals surface area contributed by atoms with Crippen LogP contribution in [0.25, 0.3) is 0 Å². The highest BCUT2D eigenvalue weighted by Gasteiger charge is 2.14. The minimum absolute atomic E-state index is 0.280. The van der Waals surface area contributed by atoms with Crippen molar-refractivity contribution < 1.29 is 13.9 Å². The van der Waals surface area contributed by atoms with Gasteiger partial charge < -0.3 is 10.4 Å². The molecule has 4 heteroatoms. The summed E-state index contributed by atoms with van der Waals surface area (Å²) in [5.41, 5.74) is 0.672. The average molecular weight is 257 g/mol. The number of nitrogens with one attached hydrogen (secondary N) is 1. The van der Waals surface area contributed by atoms with Gasteiger partial charge in [-0.1, -0.05) is 32.8 Å². The van der Waals surface area contributed by atoms with Crippen molar-refractivity contribution in [2.24, 2.45) is 5.92 Å². The number of aliphatic hydroxyl groups excluding tert-OH is 1. The zero-order chi connectivity index (χ0) is 13.5. The van der Waals surface area contributed by atoms with Crippen molar-refractivity contribution >= 4 is 0 Å². The molecule has 1 rings (SSSR count). The fourth-order valence-corrected chi connectivity index (χ4v) is 2.01. The largest absolute Gasteiger partial charge is 0.392 e. The highest BCUT2D eigenvalue weighted by Crippen LogP contribution is 2.13. The summed E-state index contributed by atoms with van der Waals surface area (Å²) in [7, 11) is 0. The van der Waals surface area contributed by atoms with Crippen LogP contribution in [-0.4, -0.2) is 17.8 Å². The molecule has 2 nitrogen and oxygen atoms in total. The van der Waals surface area contributed by atoms with E-state index in [2.05, 4.69) is 5.32 Å². The van der Waals surface area contributed by atoms with Crippen molar-refractivity contribution in [3.05, 3.63) is 35.4 Å². The van der Waals surface area contributed by atoms with E-state index < -0.39 is 17.7 Å². The van der Waals surface area contributed by atoms with Crippen LogP contribution >= 0.6 is 0 Å². The molecule has 0 amide bonds. The first-order valence-corrected chi connectivity index (χ1v) is 6.41. The molecule has 2 N–H and O–H groups in total. The van der Waals surface area contributed by atoms with Crippen molar-refractivity contribution in [3.8, 4) is 0 Å². The van der Waals surface area contributed by atoms with Crippen LogP contribution in [0, 0.1) is 17.6 Å². The first kappa shape index (κ1) is 15.1. The van der Waals surface area contributed by atoms with Gasteiger partial charge in [0.15, 0.2) is 11.6 Å². The topological polar surface area (TPSA) is 32.3 Å². The summed E-state index contributed by atoms with van der Waals surface area (Å²) in [4.78, 5) is 0. The molecule has 0 aliphatic rings. The molecule has 1 aromatic carbocycles. The molecule has 18 heavy (non-hydrogen) atoms. The van der Waals surface area contributed by atoms with Crippen LogP contribution in [0.15, 0.2) is 18.2 Å². The van der Waals surface area contributed by atoms with Gasteiger partial charge in [0, 0.05) is 13.1 Å². The fourth-order valence-electron chi connectivity index (χ4n) is 2.01. The van der Waals surface area contributed by atoms with E-state index >= 15 is 0 Å². The summed E-state index contributed by atoms with van der Waals surface area (Å²) in [6, 6.07) is 3.82. The molecule has 1 aromatic rings. The Hall–Kier alpha value is -1.00. The van der Waals surface area contributed by atoms with Crippen LogP contribution in [0.1, 0.15) is 32.3 Å². The second-order valence-electron chi connectivity index (χ2n) is 4.52. The van der Waals surface area contributed by atoms with Gasteiger partial charge in [-0.05, 0) is 23.6 Å². The van der Waals surface area contributed by atoms with Gasteiger partial charge in [0.2, 0.25) is 0 Å². The highest BCUT2D eigenvalue weighted by atomic mass is 19.2. The van der Waals surface area contributed by atoms with Gasteiger partial charge >= 0.3 is 0 Å². The molecule has 0 saturated heterocycles.